The number of imidazole rings is 1. The monoisotopic (exact) mass is 474 g/mol. The van der Waals surface area contributed by atoms with Crippen LogP contribution in [0.4, 0.5) is 16.0 Å². The average molecular weight is 475 g/mol. The number of rotatable bonds is 5. The summed E-state index contributed by atoms with van der Waals surface area (Å²) >= 11 is 6.23. The summed E-state index contributed by atoms with van der Waals surface area (Å²) in [5.74, 6) is 1.37. The third-order valence-electron chi connectivity index (χ3n) is 6.51. The molecule has 1 N–H and O–H groups in total. The fraction of sp³-hybridized carbons (Fsp3) is 0.308. The Kier molecular flexibility index (Phi) is 6.16. The summed E-state index contributed by atoms with van der Waals surface area (Å²) in [4.78, 5) is 13.6. The Bertz CT molecular complexity index is 1380. The van der Waals surface area contributed by atoms with Gasteiger partial charge in [0.2, 0.25) is 5.95 Å². The van der Waals surface area contributed by atoms with Crippen LogP contribution in [0.3, 0.4) is 0 Å². The van der Waals surface area contributed by atoms with E-state index < -0.39 is 0 Å². The molecule has 1 aliphatic rings. The Labute approximate surface area is 202 Å². The Morgan fingerprint density at radius 3 is 2.68 bits per heavy atom. The number of anilines is 2. The van der Waals surface area contributed by atoms with Crippen LogP contribution in [0, 0.1) is 29.0 Å². The number of nitriles is 1. The van der Waals surface area contributed by atoms with Crippen molar-refractivity contribution in [2.24, 2.45) is 11.8 Å². The number of hydrogen-bond acceptors (Lipinski definition) is 5. The number of benzene rings is 1. The Morgan fingerprint density at radius 1 is 1.15 bits per heavy atom. The highest BCUT2D eigenvalue weighted by Gasteiger charge is 2.24. The van der Waals surface area contributed by atoms with E-state index in [9.17, 15) is 9.65 Å². The van der Waals surface area contributed by atoms with Gasteiger partial charge < -0.3 is 9.88 Å². The number of nitrogens with one attached hydrogen (secondary N) is 1. The van der Waals surface area contributed by atoms with Crippen molar-refractivity contribution in [3.8, 4) is 17.3 Å². The van der Waals surface area contributed by atoms with E-state index in [2.05, 4.69) is 32.8 Å². The van der Waals surface area contributed by atoms with E-state index in [4.69, 9.17) is 16.6 Å². The molecular formula is C26H24ClFN6. The lowest BCUT2D eigenvalue weighted by Gasteiger charge is -2.27. The van der Waals surface area contributed by atoms with Crippen LogP contribution < -0.4 is 5.32 Å². The lowest BCUT2D eigenvalue weighted by atomic mass is 9.83. The Hall–Kier alpha value is -3.50. The van der Waals surface area contributed by atoms with E-state index in [0.717, 1.165) is 24.3 Å². The van der Waals surface area contributed by atoms with Crippen molar-refractivity contribution in [3.63, 3.8) is 0 Å². The van der Waals surface area contributed by atoms with Crippen LogP contribution in [-0.4, -0.2) is 19.5 Å². The zero-order valence-electron chi connectivity index (χ0n) is 18.8. The summed E-state index contributed by atoms with van der Waals surface area (Å²) in [5, 5.41) is 13.3. The quantitative estimate of drug-likeness (QED) is 0.347. The van der Waals surface area contributed by atoms with E-state index in [1.807, 2.05) is 0 Å². The van der Waals surface area contributed by atoms with Crippen molar-refractivity contribution >= 4 is 34.3 Å². The molecule has 0 saturated heterocycles. The maximum absolute atomic E-state index is 14.5. The maximum atomic E-state index is 14.5. The van der Waals surface area contributed by atoms with Crippen molar-refractivity contribution in [2.45, 2.75) is 39.2 Å². The number of nitrogens with zero attached hydrogens (tertiary/aromatic N) is 5. The standard InChI is InChI=1S/C26H24ClFN6/c1-16-6-8-17(9-7-16)15-34-25-23(33-26(34)32-22-5-3-2-4-21(22)28)11-20(12-29)31-24(25)18-10-19(27)14-30-13-18/h2-5,10-11,13-14,16-17H,6-9,15H2,1H3,(H,32,33)/t16-,17-. The first-order valence-electron chi connectivity index (χ1n) is 11.5. The molecular weight excluding hydrogens is 451 g/mol. The Morgan fingerprint density at radius 2 is 1.94 bits per heavy atom. The summed E-state index contributed by atoms with van der Waals surface area (Å²) in [6, 6.07) is 12.1. The molecule has 1 fully saturated rings. The molecule has 3 heterocycles. The molecule has 0 amide bonds. The maximum Gasteiger partial charge on any atom is 0.208 e. The highest BCUT2D eigenvalue weighted by molar-refractivity contribution is 6.30. The van der Waals surface area contributed by atoms with Gasteiger partial charge in [-0.2, -0.15) is 5.26 Å². The van der Waals surface area contributed by atoms with Crippen LogP contribution in [0.2, 0.25) is 5.02 Å². The number of hydrogen-bond donors (Lipinski definition) is 1. The van der Waals surface area contributed by atoms with Crippen molar-refractivity contribution in [3.05, 3.63) is 65.3 Å². The van der Waals surface area contributed by atoms with Gasteiger partial charge in [-0.05, 0) is 42.9 Å². The molecule has 0 atom stereocenters. The molecule has 6 nitrogen and oxygen atoms in total. The largest absolute Gasteiger partial charge is 0.323 e. The van der Waals surface area contributed by atoms with Gasteiger partial charge in [0, 0.05) is 30.6 Å². The van der Waals surface area contributed by atoms with Gasteiger partial charge in [-0.25, -0.2) is 14.4 Å². The topological polar surface area (TPSA) is 79.4 Å². The predicted molar refractivity (Wildman–Crippen MR) is 131 cm³/mol. The van der Waals surface area contributed by atoms with Crippen LogP contribution in [-0.2, 0) is 6.54 Å². The molecule has 1 aromatic carbocycles. The molecule has 8 heteroatoms. The second-order valence-corrected chi connectivity index (χ2v) is 9.44. The molecule has 3 aromatic heterocycles. The molecule has 5 rings (SSSR count). The summed E-state index contributed by atoms with van der Waals surface area (Å²) in [6.45, 7) is 3.01. The normalized spacial score (nSPS) is 18.1. The van der Waals surface area contributed by atoms with Crippen molar-refractivity contribution < 1.29 is 4.39 Å². The molecule has 0 aliphatic heterocycles. The lowest BCUT2D eigenvalue weighted by molar-refractivity contribution is 0.267. The lowest BCUT2D eigenvalue weighted by Crippen LogP contribution is -2.19. The first-order chi connectivity index (χ1) is 16.5. The molecule has 0 radical (unpaired) electrons. The van der Waals surface area contributed by atoms with Gasteiger partial charge in [0.25, 0.3) is 0 Å². The van der Waals surface area contributed by atoms with Crippen LogP contribution >= 0.6 is 11.6 Å². The molecule has 172 valence electrons. The fourth-order valence-electron chi connectivity index (χ4n) is 4.68. The molecule has 0 bridgehead atoms. The van der Waals surface area contributed by atoms with Gasteiger partial charge in [0.05, 0.1) is 27.4 Å². The number of fused-ring (bicyclic) bond motifs is 1. The van der Waals surface area contributed by atoms with Crippen LogP contribution in [0.15, 0.2) is 48.8 Å². The highest BCUT2D eigenvalue weighted by atomic mass is 35.5. The molecule has 1 saturated carbocycles. The third-order valence-corrected chi connectivity index (χ3v) is 6.72. The third kappa shape index (κ3) is 4.46. The zero-order chi connectivity index (χ0) is 23.7. The molecule has 0 spiro atoms. The summed E-state index contributed by atoms with van der Waals surface area (Å²) in [6.07, 6.45) is 7.86. The van der Waals surface area contributed by atoms with E-state index in [1.165, 1.54) is 18.9 Å². The number of halogens is 2. The van der Waals surface area contributed by atoms with Crippen molar-refractivity contribution in [1.82, 2.24) is 19.5 Å². The molecule has 34 heavy (non-hydrogen) atoms. The van der Waals surface area contributed by atoms with Crippen molar-refractivity contribution in [2.75, 3.05) is 5.32 Å². The van der Waals surface area contributed by atoms with E-state index in [1.54, 1.807) is 42.7 Å². The van der Waals surface area contributed by atoms with E-state index in [-0.39, 0.29) is 11.5 Å². The summed E-state index contributed by atoms with van der Waals surface area (Å²) in [5.41, 5.74) is 3.27. The first-order valence-corrected chi connectivity index (χ1v) is 11.8. The van der Waals surface area contributed by atoms with E-state index in [0.29, 0.717) is 45.9 Å². The van der Waals surface area contributed by atoms with Gasteiger partial charge in [-0.1, -0.05) is 43.5 Å². The second-order valence-electron chi connectivity index (χ2n) is 9.00. The molecule has 4 aromatic rings. The van der Waals surface area contributed by atoms with Crippen LogP contribution in [0.5, 0.6) is 0 Å². The summed E-state index contributed by atoms with van der Waals surface area (Å²) < 4.78 is 16.6. The minimum absolute atomic E-state index is 0.246. The zero-order valence-corrected chi connectivity index (χ0v) is 19.6. The minimum atomic E-state index is -0.359. The first kappa shape index (κ1) is 22.3. The van der Waals surface area contributed by atoms with Gasteiger partial charge in [-0.3, -0.25) is 4.98 Å². The summed E-state index contributed by atoms with van der Waals surface area (Å²) in [7, 11) is 0. The van der Waals surface area contributed by atoms with Crippen LogP contribution in [0.1, 0.15) is 38.3 Å². The van der Waals surface area contributed by atoms with Crippen LogP contribution in [0.25, 0.3) is 22.3 Å². The van der Waals surface area contributed by atoms with Gasteiger partial charge in [-0.15, -0.1) is 0 Å². The van der Waals surface area contributed by atoms with Gasteiger partial charge in [0.1, 0.15) is 17.6 Å². The minimum Gasteiger partial charge on any atom is -0.323 e. The fourth-order valence-corrected chi connectivity index (χ4v) is 4.86. The van der Waals surface area contributed by atoms with Gasteiger partial charge in [0.15, 0.2) is 0 Å². The van der Waals surface area contributed by atoms with Gasteiger partial charge >= 0.3 is 0 Å². The van der Waals surface area contributed by atoms with E-state index >= 15 is 0 Å². The Balaban J connectivity index is 1.69. The average Bonchev–Trinajstić information content (AvgIpc) is 3.18. The second kappa shape index (κ2) is 9.40. The SMILES string of the molecule is C[C@H]1CC[C@H](Cn2c(Nc3ccccc3F)nc3cc(C#N)nc(-c4cncc(Cl)c4)c32)CC1. The highest BCUT2D eigenvalue weighted by Crippen LogP contribution is 2.36. The number of pyridine rings is 2. The predicted octanol–water partition coefficient (Wildman–Crippen LogP) is 6.73. The molecule has 1 aliphatic carbocycles. The number of para-hydroxylation sites is 1. The van der Waals surface area contributed by atoms with Crippen molar-refractivity contribution in [1.29, 1.82) is 5.26 Å². The smallest absolute Gasteiger partial charge is 0.208 e. The molecule has 0 unspecified atom stereocenters. The number of aromatic nitrogens is 4.